The van der Waals surface area contributed by atoms with Crippen LogP contribution in [-0.4, -0.2) is 31.7 Å². The van der Waals surface area contributed by atoms with E-state index in [1.54, 1.807) is 18.2 Å². The average molecular weight is 393 g/mol. The summed E-state index contributed by atoms with van der Waals surface area (Å²) in [6, 6.07) is 13.6. The first-order valence-electron chi connectivity index (χ1n) is 7.83. The van der Waals surface area contributed by atoms with E-state index in [2.05, 4.69) is 5.32 Å². The Balaban J connectivity index is 1.79. The fraction of sp³-hybridized carbons (Fsp3) is 0.222. The van der Waals surface area contributed by atoms with Gasteiger partial charge in [-0.2, -0.15) is 0 Å². The number of benzene rings is 2. The lowest BCUT2D eigenvalue weighted by molar-refractivity contribution is -0.116. The Kier molecular flexibility index (Phi) is 6.82. The fourth-order valence-corrected chi connectivity index (χ4v) is 3.80. The van der Waals surface area contributed by atoms with Crippen molar-refractivity contribution in [1.29, 1.82) is 0 Å². The molecule has 26 heavy (non-hydrogen) atoms. The molecule has 8 heteroatoms. The summed E-state index contributed by atoms with van der Waals surface area (Å²) in [5.41, 5.74) is 2.63. The Morgan fingerprint density at radius 1 is 0.923 bits per heavy atom. The van der Waals surface area contributed by atoms with E-state index in [-0.39, 0.29) is 22.3 Å². The lowest BCUT2D eigenvalue weighted by atomic mass is 10.2. The highest BCUT2D eigenvalue weighted by Crippen LogP contribution is 2.12. The highest BCUT2D eigenvalue weighted by atomic mass is 32.2. The Morgan fingerprint density at radius 2 is 1.58 bits per heavy atom. The van der Waals surface area contributed by atoms with Gasteiger partial charge in [0.05, 0.1) is 16.4 Å². The molecule has 0 fully saturated rings. The number of aryl methyl sites for hydroxylation is 2. The second-order valence-electron chi connectivity index (χ2n) is 5.75. The van der Waals surface area contributed by atoms with Crippen molar-refractivity contribution in [2.24, 2.45) is 0 Å². The number of anilines is 1. The lowest BCUT2D eigenvalue weighted by Crippen LogP contribution is -2.32. The third kappa shape index (κ3) is 6.20. The number of carbonyl (C=O) groups excluding carboxylic acids is 2. The van der Waals surface area contributed by atoms with Crippen LogP contribution in [0, 0.1) is 13.8 Å². The van der Waals surface area contributed by atoms with E-state index in [0.717, 1.165) is 22.9 Å². The maximum Gasteiger partial charge on any atom is 0.264 e. The van der Waals surface area contributed by atoms with Crippen molar-refractivity contribution in [2.75, 3.05) is 16.8 Å². The van der Waals surface area contributed by atoms with E-state index in [9.17, 15) is 18.0 Å². The van der Waals surface area contributed by atoms with E-state index in [4.69, 9.17) is 0 Å². The third-order valence-electron chi connectivity index (χ3n) is 3.35. The molecule has 0 radical (unpaired) electrons. The molecule has 0 aromatic heterocycles. The number of amides is 2. The monoisotopic (exact) mass is 392 g/mol. The van der Waals surface area contributed by atoms with Crippen LogP contribution in [0.4, 0.5) is 5.69 Å². The minimum atomic E-state index is -3.89. The third-order valence-corrected chi connectivity index (χ3v) is 5.67. The molecule has 2 rings (SSSR count). The summed E-state index contributed by atoms with van der Waals surface area (Å²) in [7, 11) is -3.89. The minimum absolute atomic E-state index is 0.0265. The van der Waals surface area contributed by atoms with Crippen LogP contribution in [0.1, 0.15) is 11.1 Å². The smallest absolute Gasteiger partial charge is 0.264 e. The normalized spacial score (nSPS) is 11.0. The highest BCUT2D eigenvalue weighted by Gasteiger charge is 2.17. The summed E-state index contributed by atoms with van der Waals surface area (Å²) in [5.74, 6) is -1.01. The first-order chi connectivity index (χ1) is 12.3. The van der Waals surface area contributed by atoms with Gasteiger partial charge in [-0.05, 0) is 43.7 Å². The number of hydrogen-bond acceptors (Lipinski definition) is 5. The van der Waals surface area contributed by atoms with Crippen LogP contribution in [0.2, 0.25) is 0 Å². The van der Waals surface area contributed by atoms with Crippen LogP contribution in [-0.2, 0) is 19.6 Å². The van der Waals surface area contributed by atoms with E-state index in [1.807, 2.05) is 36.8 Å². The van der Waals surface area contributed by atoms with Crippen LogP contribution in [0.5, 0.6) is 0 Å². The van der Waals surface area contributed by atoms with Crippen molar-refractivity contribution >= 4 is 39.3 Å². The molecule has 0 saturated heterocycles. The molecule has 2 amide bonds. The van der Waals surface area contributed by atoms with Gasteiger partial charge in [0.1, 0.15) is 0 Å². The second kappa shape index (κ2) is 8.86. The van der Waals surface area contributed by atoms with Crippen molar-refractivity contribution in [1.82, 2.24) is 4.72 Å². The number of rotatable bonds is 7. The van der Waals surface area contributed by atoms with Crippen molar-refractivity contribution in [3.63, 3.8) is 0 Å². The van der Waals surface area contributed by atoms with Gasteiger partial charge in [0.25, 0.3) is 10.0 Å². The summed E-state index contributed by atoms with van der Waals surface area (Å²) in [6.07, 6.45) is 0. The number of nitrogens with one attached hydrogen (secondary N) is 2. The molecular formula is C18H20N2O4S2. The molecule has 2 aromatic rings. The molecule has 2 aromatic carbocycles. The number of sulfonamides is 1. The van der Waals surface area contributed by atoms with Gasteiger partial charge in [0, 0.05) is 5.69 Å². The Labute approximate surface area is 157 Å². The molecule has 0 atom stereocenters. The van der Waals surface area contributed by atoms with Gasteiger partial charge in [-0.25, -0.2) is 13.1 Å². The van der Waals surface area contributed by atoms with Crippen LogP contribution in [0.15, 0.2) is 53.4 Å². The quantitative estimate of drug-likeness (QED) is 0.755. The highest BCUT2D eigenvalue weighted by molar-refractivity contribution is 8.00. The summed E-state index contributed by atoms with van der Waals surface area (Å²) in [4.78, 5) is 23.7. The Morgan fingerprint density at radius 3 is 2.23 bits per heavy atom. The summed E-state index contributed by atoms with van der Waals surface area (Å²) in [5, 5.41) is 2.73. The first kappa shape index (κ1) is 20.0. The van der Waals surface area contributed by atoms with Crippen LogP contribution in [0.25, 0.3) is 0 Å². The van der Waals surface area contributed by atoms with Gasteiger partial charge < -0.3 is 5.32 Å². The van der Waals surface area contributed by atoms with Gasteiger partial charge in [0.15, 0.2) is 0 Å². The molecule has 0 aliphatic rings. The van der Waals surface area contributed by atoms with Crippen molar-refractivity contribution in [2.45, 2.75) is 18.7 Å². The molecular weight excluding hydrogens is 372 g/mol. The number of thioether (sulfide) groups is 1. The largest absolute Gasteiger partial charge is 0.325 e. The number of carbonyl (C=O) groups is 2. The van der Waals surface area contributed by atoms with E-state index in [0.29, 0.717) is 5.69 Å². The molecule has 0 aliphatic carbocycles. The molecule has 2 N–H and O–H groups in total. The minimum Gasteiger partial charge on any atom is -0.325 e. The zero-order chi connectivity index (χ0) is 19.2. The van der Waals surface area contributed by atoms with Gasteiger partial charge >= 0.3 is 0 Å². The SMILES string of the molecule is Cc1ccc(S(=O)(=O)NC(=O)CSCC(=O)Nc2cccc(C)c2)cc1. The molecule has 0 bridgehead atoms. The molecule has 0 unspecified atom stereocenters. The summed E-state index contributed by atoms with van der Waals surface area (Å²) < 4.78 is 26.2. The first-order valence-corrected chi connectivity index (χ1v) is 10.5. The zero-order valence-corrected chi connectivity index (χ0v) is 16.1. The van der Waals surface area contributed by atoms with Gasteiger partial charge in [-0.3, -0.25) is 9.59 Å². The standard InChI is InChI=1S/C18H20N2O4S2/c1-13-6-8-16(9-7-13)26(23,24)20-18(22)12-25-11-17(21)19-15-5-3-4-14(2)10-15/h3-10H,11-12H2,1-2H3,(H,19,21)(H,20,22). The predicted molar refractivity (Wildman–Crippen MR) is 104 cm³/mol. The van der Waals surface area contributed by atoms with Gasteiger partial charge in [0.2, 0.25) is 11.8 Å². The average Bonchev–Trinajstić information content (AvgIpc) is 2.54. The molecule has 138 valence electrons. The van der Waals surface area contributed by atoms with Crippen molar-refractivity contribution in [3.8, 4) is 0 Å². The second-order valence-corrected chi connectivity index (χ2v) is 8.42. The maximum atomic E-state index is 12.1. The fourth-order valence-electron chi connectivity index (χ4n) is 2.11. The Hall–Kier alpha value is -2.32. The number of hydrogen-bond donors (Lipinski definition) is 2. The topological polar surface area (TPSA) is 92.3 Å². The van der Waals surface area contributed by atoms with Crippen LogP contribution >= 0.6 is 11.8 Å². The van der Waals surface area contributed by atoms with Crippen LogP contribution in [0.3, 0.4) is 0 Å². The maximum absolute atomic E-state index is 12.1. The molecule has 0 aliphatic heterocycles. The Bertz CT molecular complexity index is 894. The predicted octanol–water partition coefficient (Wildman–Crippen LogP) is 2.48. The van der Waals surface area contributed by atoms with Crippen LogP contribution < -0.4 is 10.0 Å². The summed E-state index contributed by atoms with van der Waals surface area (Å²) in [6.45, 7) is 3.76. The molecule has 0 saturated carbocycles. The van der Waals surface area contributed by atoms with Crippen molar-refractivity contribution < 1.29 is 18.0 Å². The molecule has 0 spiro atoms. The van der Waals surface area contributed by atoms with Crippen molar-refractivity contribution in [3.05, 3.63) is 59.7 Å². The zero-order valence-electron chi connectivity index (χ0n) is 14.5. The molecule has 0 heterocycles. The van der Waals surface area contributed by atoms with E-state index in [1.165, 1.54) is 12.1 Å². The van der Waals surface area contributed by atoms with E-state index < -0.39 is 15.9 Å². The van der Waals surface area contributed by atoms with Gasteiger partial charge in [-0.15, -0.1) is 11.8 Å². The molecule has 6 nitrogen and oxygen atoms in total. The van der Waals surface area contributed by atoms with E-state index >= 15 is 0 Å². The van der Waals surface area contributed by atoms with Gasteiger partial charge in [-0.1, -0.05) is 29.8 Å². The lowest BCUT2D eigenvalue weighted by Gasteiger charge is -2.08. The summed E-state index contributed by atoms with van der Waals surface area (Å²) >= 11 is 1.04.